The molecule has 0 spiro atoms. The van der Waals surface area contributed by atoms with Gasteiger partial charge in [-0.25, -0.2) is 4.98 Å². The number of carbonyl (C=O) groups is 2. The Morgan fingerprint density at radius 3 is 2.46 bits per heavy atom. The second-order valence-corrected chi connectivity index (χ2v) is 10.0. The van der Waals surface area contributed by atoms with Crippen LogP contribution in [0.3, 0.4) is 0 Å². The fourth-order valence-electron chi connectivity index (χ4n) is 3.60. The molecule has 1 unspecified atom stereocenters. The van der Waals surface area contributed by atoms with Crippen LogP contribution in [0.1, 0.15) is 31.1 Å². The van der Waals surface area contributed by atoms with Gasteiger partial charge in [-0.15, -0.1) is 11.3 Å². The molecule has 2 amide bonds. The second kappa shape index (κ2) is 10.1. The van der Waals surface area contributed by atoms with E-state index in [9.17, 15) is 9.59 Å². The van der Waals surface area contributed by atoms with E-state index >= 15 is 0 Å². The SMILES string of the molecule is CNn1ccc(C(=O)NC(C(=O)Nc2nc(-c3cccc(-c4ccncc4)c3)cs2)C(C)(C)C)c1. The minimum atomic E-state index is -0.754. The average molecular weight is 489 g/mol. The van der Waals surface area contributed by atoms with Gasteiger partial charge in [-0.1, -0.05) is 39.0 Å². The molecule has 1 atom stereocenters. The highest BCUT2D eigenvalue weighted by atomic mass is 32.1. The number of rotatable bonds is 7. The predicted molar refractivity (Wildman–Crippen MR) is 140 cm³/mol. The maximum absolute atomic E-state index is 13.2. The van der Waals surface area contributed by atoms with Crippen LogP contribution in [0, 0.1) is 5.41 Å². The van der Waals surface area contributed by atoms with Crippen LogP contribution in [0.4, 0.5) is 5.13 Å². The maximum atomic E-state index is 13.2. The molecule has 0 saturated carbocycles. The Hall–Kier alpha value is -3.98. The van der Waals surface area contributed by atoms with Crippen LogP contribution in [0.2, 0.25) is 0 Å². The van der Waals surface area contributed by atoms with Gasteiger partial charge < -0.3 is 16.1 Å². The molecule has 0 aliphatic rings. The lowest BCUT2D eigenvalue weighted by molar-refractivity contribution is -0.120. The number of amides is 2. The van der Waals surface area contributed by atoms with Crippen molar-refractivity contribution in [2.24, 2.45) is 5.41 Å². The van der Waals surface area contributed by atoms with E-state index in [1.807, 2.05) is 56.5 Å². The highest BCUT2D eigenvalue weighted by Gasteiger charge is 2.33. The van der Waals surface area contributed by atoms with Crippen molar-refractivity contribution in [2.75, 3.05) is 17.8 Å². The minimum absolute atomic E-state index is 0.315. The third-order valence-corrected chi connectivity index (χ3v) is 6.28. The number of benzene rings is 1. The third kappa shape index (κ3) is 5.75. The van der Waals surface area contributed by atoms with Crippen LogP contribution >= 0.6 is 11.3 Å². The topological polar surface area (TPSA) is 101 Å². The second-order valence-electron chi connectivity index (χ2n) is 9.15. The van der Waals surface area contributed by atoms with E-state index in [0.29, 0.717) is 10.7 Å². The molecule has 8 nitrogen and oxygen atoms in total. The smallest absolute Gasteiger partial charge is 0.253 e. The van der Waals surface area contributed by atoms with E-state index in [1.165, 1.54) is 11.3 Å². The van der Waals surface area contributed by atoms with Crippen molar-refractivity contribution in [3.63, 3.8) is 0 Å². The Morgan fingerprint density at radius 2 is 1.77 bits per heavy atom. The Balaban J connectivity index is 1.49. The zero-order valence-corrected chi connectivity index (χ0v) is 20.9. The number of thiazole rings is 1. The molecule has 0 bridgehead atoms. The molecule has 4 rings (SSSR count). The van der Waals surface area contributed by atoms with Gasteiger partial charge in [0.15, 0.2) is 5.13 Å². The number of carbonyl (C=O) groups excluding carboxylic acids is 2. The first kappa shape index (κ1) is 24.2. The quantitative estimate of drug-likeness (QED) is 0.352. The molecule has 0 fully saturated rings. The zero-order chi connectivity index (χ0) is 25.0. The van der Waals surface area contributed by atoms with Gasteiger partial charge in [-0.05, 0) is 40.8 Å². The molecule has 1 aromatic carbocycles. The summed E-state index contributed by atoms with van der Waals surface area (Å²) in [5, 5.41) is 8.15. The molecule has 0 aliphatic carbocycles. The number of aromatic nitrogens is 3. The van der Waals surface area contributed by atoms with Crippen LogP contribution < -0.4 is 16.1 Å². The largest absolute Gasteiger partial charge is 0.340 e. The normalized spacial score (nSPS) is 12.1. The standard InChI is InChI=1S/C26H28N6O2S/c1-26(2,3)22(30-23(33)20-10-13-32(15-20)27-4)24(34)31-25-29-21(16-35-25)19-7-5-6-18(14-19)17-8-11-28-12-9-17/h5-16,22,27H,1-4H3,(H,30,33)(H,29,31,34). The Morgan fingerprint density at radius 1 is 1.03 bits per heavy atom. The lowest BCUT2D eigenvalue weighted by atomic mass is 9.86. The molecule has 0 aliphatic heterocycles. The van der Waals surface area contributed by atoms with Crippen LogP contribution in [-0.4, -0.2) is 39.5 Å². The average Bonchev–Trinajstić information content (AvgIpc) is 3.52. The van der Waals surface area contributed by atoms with Gasteiger partial charge in [-0.2, -0.15) is 0 Å². The number of nitrogens with one attached hydrogen (secondary N) is 3. The number of hydrogen-bond acceptors (Lipinski definition) is 6. The van der Waals surface area contributed by atoms with Crippen LogP contribution in [0.25, 0.3) is 22.4 Å². The van der Waals surface area contributed by atoms with Gasteiger partial charge in [0, 0.05) is 42.8 Å². The first-order valence-corrected chi connectivity index (χ1v) is 12.1. The van der Waals surface area contributed by atoms with E-state index in [1.54, 1.807) is 42.6 Å². The molecule has 0 saturated heterocycles. The molecular formula is C26H28N6O2S. The van der Waals surface area contributed by atoms with Gasteiger partial charge in [0.1, 0.15) is 6.04 Å². The Bertz CT molecular complexity index is 1320. The fraction of sp³-hybridized carbons (Fsp3) is 0.231. The van der Waals surface area contributed by atoms with E-state index in [2.05, 4.69) is 32.1 Å². The van der Waals surface area contributed by atoms with Crippen molar-refractivity contribution in [1.82, 2.24) is 20.0 Å². The van der Waals surface area contributed by atoms with Gasteiger partial charge in [0.05, 0.1) is 11.3 Å². The van der Waals surface area contributed by atoms with Crippen LogP contribution in [0.5, 0.6) is 0 Å². The summed E-state index contributed by atoms with van der Waals surface area (Å²) in [5.41, 5.74) is 6.72. The fourth-order valence-corrected chi connectivity index (χ4v) is 4.33. The van der Waals surface area contributed by atoms with E-state index < -0.39 is 11.5 Å². The summed E-state index contributed by atoms with van der Waals surface area (Å²) in [5.74, 6) is -0.632. The molecule has 9 heteroatoms. The maximum Gasteiger partial charge on any atom is 0.253 e. The van der Waals surface area contributed by atoms with Gasteiger partial charge in [0.2, 0.25) is 5.91 Å². The monoisotopic (exact) mass is 488 g/mol. The molecular weight excluding hydrogens is 460 g/mol. The summed E-state index contributed by atoms with van der Waals surface area (Å²) in [4.78, 5) is 34.7. The summed E-state index contributed by atoms with van der Waals surface area (Å²) in [6.07, 6.45) is 6.93. The molecule has 3 N–H and O–H groups in total. The Labute approximate surface area is 208 Å². The van der Waals surface area contributed by atoms with E-state index in [0.717, 1.165) is 22.4 Å². The van der Waals surface area contributed by atoms with Gasteiger partial charge in [-0.3, -0.25) is 19.2 Å². The summed E-state index contributed by atoms with van der Waals surface area (Å²) < 4.78 is 1.67. The molecule has 3 aromatic heterocycles. The molecule has 3 heterocycles. The lowest BCUT2D eigenvalue weighted by Crippen LogP contribution is -2.51. The number of nitrogens with zero attached hydrogens (tertiary/aromatic N) is 3. The van der Waals surface area contributed by atoms with E-state index in [4.69, 9.17) is 0 Å². The summed E-state index contributed by atoms with van der Waals surface area (Å²) in [6.45, 7) is 5.73. The number of anilines is 1. The van der Waals surface area contributed by atoms with Crippen molar-refractivity contribution in [3.8, 4) is 22.4 Å². The van der Waals surface area contributed by atoms with Crippen molar-refractivity contribution < 1.29 is 9.59 Å². The van der Waals surface area contributed by atoms with Crippen LogP contribution in [-0.2, 0) is 4.79 Å². The van der Waals surface area contributed by atoms with Crippen molar-refractivity contribution >= 4 is 28.3 Å². The molecule has 4 aromatic rings. The first-order chi connectivity index (χ1) is 16.7. The van der Waals surface area contributed by atoms with Crippen molar-refractivity contribution in [2.45, 2.75) is 26.8 Å². The number of hydrogen-bond donors (Lipinski definition) is 3. The molecule has 0 radical (unpaired) electrons. The molecule has 180 valence electrons. The first-order valence-electron chi connectivity index (χ1n) is 11.2. The van der Waals surface area contributed by atoms with E-state index in [-0.39, 0.29) is 11.8 Å². The van der Waals surface area contributed by atoms with Gasteiger partial charge in [0.25, 0.3) is 5.91 Å². The van der Waals surface area contributed by atoms with Crippen molar-refractivity contribution in [3.05, 3.63) is 78.2 Å². The number of pyridine rings is 1. The predicted octanol–water partition coefficient (Wildman–Crippen LogP) is 4.63. The lowest BCUT2D eigenvalue weighted by Gasteiger charge is -2.29. The van der Waals surface area contributed by atoms with Crippen LogP contribution in [0.15, 0.2) is 72.6 Å². The third-order valence-electron chi connectivity index (χ3n) is 5.52. The Kier molecular flexibility index (Phi) is 6.97. The summed E-state index contributed by atoms with van der Waals surface area (Å²) in [7, 11) is 1.75. The summed E-state index contributed by atoms with van der Waals surface area (Å²) in [6, 6.07) is 12.9. The highest BCUT2D eigenvalue weighted by Crippen LogP contribution is 2.29. The highest BCUT2D eigenvalue weighted by molar-refractivity contribution is 7.14. The molecule has 35 heavy (non-hydrogen) atoms. The summed E-state index contributed by atoms with van der Waals surface area (Å²) >= 11 is 1.35. The van der Waals surface area contributed by atoms with Crippen molar-refractivity contribution in [1.29, 1.82) is 0 Å². The van der Waals surface area contributed by atoms with Gasteiger partial charge >= 0.3 is 0 Å². The minimum Gasteiger partial charge on any atom is -0.340 e. The zero-order valence-electron chi connectivity index (χ0n) is 20.1.